The van der Waals surface area contributed by atoms with Gasteiger partial charge in [-0.3, -0.25) is 24.7 Å². The number of carbonyl (C=O) groups is 3. The van der Waals surface area contributed by atoms with Gasteiger partial charge in [0.1, 0.15) is 6.04 Å². The normalized spacial score (nSPS) is 18.8. The SMILES string of the molecule is O=C1NC(=O)c2cc(N(Cc3ccc(C4CCCCC4)cn3)C(=O)C3CCN3S(=O)(=O)c3c(F)c(F)c(F)c(F)c3F)ccc21. The van der Waals surface area contributed by atoms with Crippen molar-refractivity contribution in [3.63, 3.8) is 0 Å². The van der Waals surface area contributed by atoms with E-state index in [-0.39, 0.29) is 29.8 Å². The third-order valence-electron chi connectivity index (χ3n) is 8.53. The lowest BCUT2D eigenvalue weighted by Crippen LogP contribution is -2.59. The number of sulfonamides is 1. The molecule has 6 rings (SSSR count). The number of hydrogen-bond donors (Lipinski definition) is 1. The maximum atomic E-state index is 14.5. The van der Waals surface area contributed by atoms with E-state index >= 15 is 0 Å². The Morgan fingerprint density at radius 2 is 1.51 bits per heavy atom. The Morgan fingerprint density at radius 3 is 2.11 bits per heavy atom. The van der Waals surface area contributed by atoms with Crippen LogP contribution in [-0.4, -0.2) is 48.0 Å². The summed E-state index contributed by atoms with van der Waals surface area (Å²) < 4.78 is 97.3. The molecule has 2 aliphatic heterocycles. The van der Waals surface area contributed by atoms with Crippen molar-refractivity contribution in [2.45, 2.75) is 61.9 Å². The van der Waals surface area contributed by atoms with E-state index in [0.717, 1.165) is 36.1 Å². The number of imide groups is 1. The molecule has 1 unspecified atom stereocenters. The number of carbonyl (C=O) groups excluding carboxylic acids is 3. The summed E-state index contributed by atoms with van der Waals surface area (Å²) in [6, 6.07) is 5.96. The zero-order chi connectivity index (χ0) is 32.2. The fourth-order valence-corrected chi connectivity index (χ4v) is 7.74. The van der Waals surface area contributed by atoms with E-state index in [4.69, 9.17) is 0 Å². The van der Waals surface area contributed by atoms with E-state index in [9.17, 15) is 44.8 Å². The van der Waals surface area contributed by atoms with Crippen LogP contribution >= 0.6 is 0 Å². The van der Waals surface area contributed by atoms with Gasteiger partial charge in [-0.1, -0.05) is 25.3 Å². The summed E-state index contributed by atoms with van der Waals surface area (Å²) in [5, 5.41) is 2.14. The lowest BCUT2D eigenvalue weighted by atomic mass is 9.85. The Hall–Kier alpha value is -4.24. The minimum absolute atomic E-state index is 0.0320. The summed E-state index contributed by atoms with van der Waals surface area (Å²) in [6.07, 6.45) is 6.99. The summed E-state index contributed by atoms with van der Waals surface area (Å²) in [6.45, 7) is -0.674. The van der Waals surface area contributed by atoms with Crippen LogP contribution in [0.25, 0.3) is 0 Å². The van der Waals surface area contributed by atoms with Crippen molar-refractivity contribution in [3.8, 4) is 0 Å². The number of nitrogens with zero attached hydrogens (tertiary/aromatic N) is 3. The van der Waals surface area contributed by atoms with Crippen molar-refractivity contribution >= 4 is 33.4 Å². The second kappa shape index (κ2) is 11.6. The molecule has 3 aliphatic rings. The number of rotatable bonds is 7. The molecule has 3 heterocycles. The van der Waals surface area contributed by atoms with Gasteiger partial charge in [0.25, 0.3) is 11.8 Å². The molecular formula is C30H25F5N4O5S. The minimum Gasteiger partial charge on any atom is -0.305 e. The Kier molecular flexibility index (Phi) is 7.93. The molecule has 3 amide bonds. The van der Waals surface area contributed by atoms with Crippen molar-refractivity contribution in [3.05, 3.63) is 88.0 Å². The highest BCUT2D eigenvalue weighted by molar-refractivity contribution is 7.89. The number of aromatic nitrogens is 1. The highest BCUT2D eigenvalue weighted by atomic mass is 32.2. The number of anilines is 1. The first kappa shape index (κ1) is 30.8. The molecular weight excluding hydrogens is 623 g/mol. The third kappa shape index (κ3) is 5.27. The number of pyridine rings is 1. The molecule has 0 bridgehead atoms. The number of benzene rings is 2. The molecule has 45 heavy (non-hydrogen) atoms. The van der Waals surface area contributed by atoms with Gasteiger partial charge in [0, 0.05) is 18.4 Å². The summed E-state index contributed by atoms with van der Waals surface area (Å²) >= 11 is 0. The van der Waals surface area contributed by atoms with Crippen LogP contribution in [0.3, 0.4) is 0 Å². The summed E-state index contributed by atoms with van der Waals surface area (Å²) in [4.78, 5) is 41.9. The maximum Gasteiger partial charge on any atom is 0.259 e. The zero-order valence-electron chi connectivity index (χ0n) is 23.5. The van der Waals surface area contributed by atoms with E-state index in [1.165, 1.54) is 24.6 Å². The van der Waals surface area contributed by atoms with Crippen molar-refractivity contribution in [2.75, 3.05) is 11.4 Å². The first-order chi connectivity index (χ1) is 21.4. The number of hydrogen-bond acceptors (Lipinski definition) is 6. The fraction of sp³-hybridized carbons (Fsp3) is 0.333. The molecule has 0 radical (unpaired) electrons. The topological polar surface area (TPSA) is 117 Å². The molecule has 1 aliphatic carbocycles. The highest BCUT2D eigenvalue weighted by Crippen LogP contribution is 2.36. The molecule has 236 valence electrons. The predicted octanol–water partition coefficient (Wildman–Crippen LogP) is 4.70. The van der Waals surface area contributed by atoms with Gasteiger partial charge in [0.05, 0.1) is 23.4 Å². The van der Waals surface area contributed by atoms with Gasteiger partial charge in [0.15, 0.2) is 28.2 Å². The summed E-state index contributed by atoms with van der Waals surface area (Å²) in [5.41, 5.74) is 1.53. The molecule has 3 aromatic rings. The second-order valence-corrected chi connectivity index (χ2v) is 13.0. The quantitative estimate of drug-likeness (QED) is 0.172. The van der Waals surface area contributed by atoms with Gasteiger partial charge < -0.3 is 4.90 Å². The van der Waals surface area contributed by atoms with Crippen molar-refractivity contribution in [1.29, 1.82) is 0 Å². The molecule has 1 N–H and O–H groups in total. The average Bonchev–Trinajstić information content (AvgIpc) is 3.29. The third-order valence-corrected chi connectivity index (χ3v) is 10.5. The lowest BCUT2D eigenvalue weighted by molar-refractivity contribution is -0.125. The predicted molar refractivity (Wildman–Crippen MR) is 148 cm³/mol. The zero-order valence-corrected chi connectivity index (χ0v) is 24.3. The van der Waals surface area contributed by atoms with Gasteiger partial charge in [-0.25, -0.2) is 30.4 Å². The molecule has 9 nitrogen and oxygen atoms in total. The van der Waals surface area contributed by atoms with Crippen LogP contribution in [0.15, 0.2) is 41.4 Å². The molecule has 2 aromatic carbocycles. The Balaban J connectivity index is 1.34. The van der Waals surface area contributed by atoms with E-state index in [2.05, 4.69) is 10.3 Å². The molecule has 1 aromatic heterocycles. The van der Waals surface area contributed by atoms with Gasteiger partial charge in [0.2, 0.25) is 21.7 Å². The molecule has 0 spiro atoms. The van der Waals surface area contributed by atoms with Crippen molar-refractivity contribution in [2.24, 2.45) is 0 Å². The molecule has 15 heteroatoms. The van der Waals surface area contributed by atoms with Crippen LogP contribution in [0, 0.1) is 29.1 Å². The van der Waals surface area contributed by atoms with E-state index in [0.29, 0.717) is 15.9 Å². The molecule has 1 saturated carbocycles. The van der Waals surface area contributed by atoms with Crippen LogP contribution in [0.5, 0.6) is 0 Å². The Bertz CT molecular complexity index is 1820. The minimum atomic E-state index is -5.39. The van der Waals surface area contributed by atoms with Crippen LogP contribution < -0.4 is 10.2 Å². The smallest absolute Gasteiger partial charge is 0.259 e. The Labute approximate surface area is 254 Å². The second-order valence-electron chi connectivity index (χ2n) is 11.2. The van der Waals surface area contributed by atoms with Crippen LogP contribution in [0.1, 0.15) is 76.4 Å². The largest absolute Gasteiger partial charge is 0.305 e. The van der Waals surface area contributed by atoms with Gasteiger partial charge in [-0.15, -0.1) is 0 Å². The Morgan fingerprint density at radius 1 is 0.867 bits per heavy atom. The van der Waals surface area contributed by atoms with Crippen LogP contribution in [0.2, 0.25) is 0 Å². The molecule has 1 atom stereocenters. The summed E-state index contributed by atoms with van der Waals surface area (Å²) in [5.74, 6) is -14.4. The van der Waals surface area contributed by atoms with Gasteiger partial charge in [-0.05, 0) is 55.0 Å². The maximum absolute atomic E-state index is 14.5. The monoisotopic (exact) mass is 648 g/mol. The fourth-order valence-electron chi connectivity index (χ4n) is 6.00. The van der Waals surface area contributed by atoms with Crippen LogP contribution in [-0.2, 0) is 21.4 Å². The van der Waals surface area contributed by atoms with Crippen molar-refractivity contribution in [1.82, 2.24) is 14.6 Å². The first-order valence-corrected chi connectivity index (χ1v) is 15.6. The number of fused-ring (bicyclic) bond motifs is 1. The number of halogens is 5. The van der Waals surface area contributed by atoms with Gasteiger partial charge >= 0.3 is 0 Å². The van der Waals surface area contributed by atoms with E-state index in [1.807, 2.05) is 6.07 Å². The molecule has 2 fully saturated rings. The number of amides is 3. The van der Waals surface area contributed by atoms with Gasteiger partial charge in [-0.2, -0.15) is 4.31 Å². The molecule has 1 saturated heterocycles. The van der Waals surface area contributed by atoms with E-state index < -0.39 is 74.3 Å². The summed E-state index contributed by atoms with van der Waals surface area (Å²) in [7, 11) is -5.39. The average molecular weight is 649 g/mol. The first-order valence-electron chi connectivity index (χ1n) is 14.2. The highest BCUT2D eigenvalue weighted by Gasteiger charge is 2.48. The van der Waals surface area contributed by atoms with Crippen molar-refractivity contribution < 1.29 is 44.8 Å². The number of nitrogens with one attached hydrogen (secondary N) is 1. The van der Waals surface area contributed by atoms with E-state index in [1.54, 1.807) is 12.3 Å². The van der Waals surface area contributed by atoms with Crippen LogP contribution in [0.4, 0.5) is 27.6 Å². The standard InChI is InChI=1S/C30H25F5N4O5S/c31-22-23(32)25(34)27(26(35)24(22)33)45(43,44)39-11-10-21(39)30(42)38(18-8-9-19-20(12-18)29(41)37-28(19)40)14-17-7-6-16(13-36-17)15-4-2-1-3-5-15/h6-9,12-13,15,21H,1-5,10-11,14H2,(H,37,40,41). The lowest BCUT2D eigenvalue weighted by Gasteiger charge is -2.41.